The van der Waals surface area contributed by atoms with Crippen molar-refractivity contribution in [3.05, 3.63) is 35.1 Å². The summed E-state index contributed by atoms with van der Waals surface area (Å²) in [6.07, 6.45) is 2.26. The molecule has 23 heavy (non-hydrogen) atoms. The molecule has 0 spiro atoms. The number of fused-ring (bicyclic) bond motifs is 1. The molecule has 124 valence electrons. The van der Waals surface area contributed by atoms with Crippen LogP contribution in [0.3, 0.4) is 0 Å². The molecule has 1 aromatic heterocycles. The zero-order valence-corrected chi connectivity index (χ0v) is 14.4. The number of benzene rings is 1. The van der Waals surface area contributed by atoms with Crippen LogP contribution in [0.15, 0.2) is 22.8 Å². The standard InChI is InChI=1S/C17H21NO4S/c1-11-4-5-14-13(9-22-16(14)12(11)2)8-15(19)18-17(3)6-7-23(20,21)10-17/h4-5,9H,6-8,10H2,1-3H3,(H,18,19). The van der Waals surface area contributed by atoms with Crippen LogP contribution in [-0.4, -0.2) is 31.4 Å². The highest BCUT2D eigenvalue weighted by Crippen LogP contribution is 2.27. The minimum Gasteiger partial charge on any atom is -0.464 e. The molecule has 6 heteroatoms. The molecule has 2 aromatic rings. The van der Waals surface area contributed by atoms with Crippen LogP contribution in [0, 0.1) is 13.8 Å². The van der Waals surface area contributed by atoms with Gasteiger partial charge in [0.15, 0.2) is 9.84 Å². The maximum atomic E-state index is 12.3. The molecule has 1 aliphatic rings. The summed E-state index contributed by atoms with van der Waals surface area (Å²) in [5.41, 5.74) is 3.18. The van der Waals surface area contributed by atoms with Crippen LogP contribution in [0.25, 0.3) is 11.0 Å². The first-order valence-corrected chi connectivity index (χ1v) is 9.49. The first-order valence-electron chi connectivity index (χ1n) is 7.67. The third-order valence-corrected chi connectivity index (χ3v) is 6.54. The van der Waals surface area contributed by atoms with Crippen molar-refractivity contribution in [2.75, 3.05) is 11.5 Å². The number of hydrogen-bond donors (Lipinski definition) is 1. The van der Waals surface area contributed by atoms with Gasteiger partial charge in [-0.2, -0.15) is 0 Å². The second kappa shape index (κ2) is 5.37. The van der Waals surface area contributed by atoms with Crippen LogP contribution in [0.4, 0.5) is 0 Å². The molecule has 5 nitrogen and oxygen atoms in total. The lowest BCUT2D eigenvalue weighted by Gasteiger charge is -2.23. The zero-order chi connectivity index (χ0) is 16.8. The molecular formula is C17H21NO4S. The summed E-state index contributed by atoms with van der Waals surface area (Å²) in [7, 11) is -3.04. The lowest BCUT2D eigenvalue weighted by Crippen LogP contribution is -2.47. The number of sulfone groups is 1. The second-order valence-electron chi connectivity index (χ2n) is 6.77. The minimum atomic E-state index is -3.04. The van der Waals surface area contributed by atoms with Gasteiger partial charge in [-0.3, -0.25) is 4.79 Å². The molecule has 0 bridgehead atoms. The number of carbonyl (C=O) groups excluding carboxylic acids is 1. The zero-order valence-electron chi connectivity index (χ0n) is 13.6. The van der Waals surface area contributed by atoms with Crippen LogP contribution in [0.5, 0.6) is 0 Å². The van der Waals surface area contributed by atoms with Crippen molar-refractivity contribution >= 4 is 26.7 Å². The van der Waals surface area contributed by atoms with E-state index in [2.05, 4.69) is 5.32 Å². The van der Waals surface area contributed by atoms with Gasteiger partial charge in [0, 0.05) is 10.9 Å². The van der Waals surface area contributed by atoms with E-state index in [4.69, 9.17) is 4.42 Å². The van der Waals surface area contributed by atoms with Gasteiger partial charge in [0.1, 0.15) is 5.58 Å². The number of aryl methyl sites for hydroxylation is 2. The van der Waals surface area contributed by atoms with Crippen LogP contribution >= 0.6 is 0 Å². The summed E-state index contributed by atoms with van der Waals surface area (Å²) in [5.74, 6) is -0.0295. The second-order valence-corrected chi connectivity index (χ2v) is 8.96. The van der Waals surface area contributed by atoms with E-state index in [1.807, 2.05) is 26.0 Å². The van der Waals surface area contributed by atoms with Gasteiger partial charge in [0.05, 0.1) is 29.7 Å². The Labute approximate surface area is 136 Å². The van der Waals surface area contributed by atoms with Crippen LogP contribution in [0.1, 0.15) is 30.0 Å². The third-order valence-electron chi connectivity index (χ3n) is 4.64. The Balaban J connectivity index is 1.78. The Kier molecular flexibility index (Phi) is 3.75. The molecule has 3 rings (SSSR count). The molecule has 2 heterocycles. The average Bonchev–Trinajstić information content (AvgIpc) is 2.95. The fourth-order valence-corrected chi connectivity index (χ4v) is 5.28. The van der Waals surface area contributed by atoms with Gasteiger partial charge in [0.2, 0.25) is 5.91 Å². The highest BCUT2D eigenvalue weighted by molar-refractivity contribution is 7.91. The highest BCUT2D eigenvalue weighted by atomic mass is 32.2. The summed E-state index contributed by atoms with van der Waals surface area (Å²) in [4.78, 5) is 12.3. The quantitative estimate of drug-likeness (QED) is 0.933. The molecule has 1 aromatic carbocycles. The van der Waals surface area contributed by atoms with E-state index in [1.54, 1.807) is 13.2 Å². The van der Waals surface area contributed by atoms with Crippen molar-refractivity contribution in [3.63, 3.8) is 0 Å². The molecule has 1 aliphatic heterocycles. The van der Waals surface area contributed by atoms with E-state index in [0.29, 0.717) is 6.42 Å². The minimum absolute atomic E-state index is 0.0101. The molecule has 1 atom stereocenters. The average molecular weight is 335 g/mol. The lowest BCUT2D eigenvalue weighted by molar-refractivity contribution is -0.121. The number of furan rings is 1. The van der Waals surface area contributed by atoms with E-state index >= 15 is 0 Å². The largest absolute Gasteiger partial charge is 0.464 e. The molecule has 1 unspecified atom stereocenters. The third kappa shape index (κ3) is 3.13. The molecule has 1 saturated heterocycles. The van der Waals surface area contributed by atoms with Crippen molar-refractivity contribution in [3.8, 4) is 0 Å². The predicted molar refractivity (Wildman–Crippen MR) is 89.2 cm³/mol. The molecule has 1 fully saturated rings. The van der Waals surface area contributed by atoms with Gasteiger partial charge < -0.3 is 9.73 Å². The number of hydrogen-bond acceptors (Lipinski definition) is 4. The number of carbonyl (C=O) groups is 1. The smallest absolute Gasteiger partial charge is 0.225 e. The van der Waals surface area contributed by atoms with Crippen LogP contribution in [0.2, 0.25) is 0 Å². The Morgan fingerprint density at radius 3 is 2.74 bits per heavy atom. The Hall–Kier alpha value is -1.82. The summed E-state index contributed by atoms with van der Waals surface area (Å²) < 4.78 is 28.9. The molecule has 0 saturated carbocycles. The monoisotopic (exact) mass is 335 g/mol. The van der Waals surface area contributed by atoms with E-state index in [9.17, 15) is 13.2 Å². The van der Waals surface area contributed by atoms with Crippen molar-refractivity contribution in [2.24, 2.45) is 0 Å². The number of nitrogens with one attached hydrogen (secondary N) is 1. The fraction of sp³-hybridized carbons (Fsp3) is 0.471. The summed E-state index contributed by atoms with van der Waals surface area (Å²) in [6, 6.07) is 3.98. The SMILES string of the molecule is Cc1ccc2c(CC(=O)NC3(C)CCS(=O)(=O)C3)coc2c1C. The first-order chi connectivity index (χ1) is 10.7. The van der Waals surface area contributed by atoms with Gasteiger partial charge in [-0.1, -0.05) is 12.1 Å². The van der Waals surface area contributed by atoms with Crippen molar-refractivity contribution < 1.29 is 17.6 Å². The molecule has 1 N–H and O–H groups in total. The van der Waals surface area contributed by atoms with E-state index < -0.39 is 15.4 Å². The Morgan fingerprint density at radius 2 is 2.09 bits per heavy atom. The van der Waals surface area contributed by atoms with Gasteiger partial charge >= 0.3 is 0 Å². The number of rotatable bonds is 3. The highest BCUT2D eigenvalue weighted by Gasteiger charge is 2.39. The normalized spacial score (nSPS) is 23.3. The summed E-state index contributed by atoms with van der Waals surface area (Å²) >= 11 is 0. The first kappa shape index (κ1) is 16.1. The molecule has 0 aliphatic carbocycles. The summed E-state index contributed by atoms with van der Waals surface area (Å²) in [5, 5.41) is 3.82. The van der Waals surface area contributed by atoms with E-state index in [1.165, 1.54) is 0 Å². The van der Waals surface area contributed by atoms with Crippen LogP contribution < -0.4 is 5.32 Å². The van der Waals surface area contributed by atoms with Gasteiger partial charge in [-0.05, 0) is 38.3 Å². The van der Waals surface area contributed by atoms with Crippen molar-refractivity contribution in [1.29, 1.82) is 0 Å². The maximum absolute atomic E-state index is 12.3. The van der Waals surface area contributed by atoms with Crippen molar-refractivity contribution in [2.45, 2.75) is 39.2 Å². The lowest BCUT2D eigenvalue weighted by atomic mass is 10.0. The van der Waals surface area contributed by atoms with E-state index in [-0.39, 0.29) is 23.8 Å². The van der Waals surface area contributed by atoms with E-state index in [0.717, 1.165) is 27.7 Å². The fourth-order valence-electron chi connectivity index (χ4n) is 3.19. The van der Waals surface area contributed by atoms with Gasteiger partial charge in [-0.15, -0.1) is 0 Å². The Bertz CT molecular complexity index is 881. The molecular weight excluding hydrogens is 314 g/mol. The molecule has 0 radical (unpaired) electrons. The van der Waals surface area contributed by atoms with Crippen molar-refractivity contribution in [1.82, 2.24) is 5.32 Å². The molecule has 1 amide bonds. The summed E-state index contributed by atoms with van der Waals surface area (Å²) in [6.45, 7) is 5.80. The maximum Gasteiger partial charge on any atom is 0.225 e. The predicted octanol–water partition coefficient (Wildman–Crippen LogP) is 2.29. The topological polar surface area (TPSA) is 76.4 Å². The van der Waals surface area contributed by atoms with Crippen LogP contribution in [-0.2, 0) is 21.1 Å². The van der Waals surface area contributed by atoms with Gasteiger partial charge in [-0.25, -0.2) is 8.42 Å². The number of amides is 1. The van der Waals surface area contributed by atoms with Gasteiger partial charge in [0.25, 0.3) is 0 Å². The Morgan fingerprint density at radius 1 is 1.35 bits per heavy atom.